The Bertz CT molecular complexity index is 1050. The maximum Gasteiger partial charge on any atom is 0.307 e. The van der Waals surface area contributed by atoms with Crippen LogP contribution in [0, 0.1) is 7.14 Å². The molecule has 0 saturated carbocycles. The standard InChI is InChI=1S/C21H18I2N2O4/c1-3-7-28-20-16(22)8-13(9-17(20)23)12-24-25-21(26)19-11-14-10-15(27-4-2)5-6-18(14)29-19/h3,5-6,8-12H,1,4,7H2,2H3,(H,25,26)/b24-12+. The highest BCUT2D eigenvalue weighted by atomic mass is 127. The number of amides is 1. The van der Waals surface area contributed by atoms with E-state index in [0.717, 1.165) is 29.6 Å². The minimum atomic E-state index is -0.425. The zero-order valence-corrected chi connectivity index (χ0v) is 19.9. The van der Waals surface area contributed by atoms with Gasteiger partial charge in [0.25, 0.3) is 0 Å². The summed E-state index contributed by atoms with van der Waals surface area (Å²) in [6, 6.07) is 10.9. The largest absolute Gasteiger partial charge is 0.494 e. The lowest BCUT2D eigenvalue weighted by molar-refractivity contribution is 0.0929. The van der Waals surface area contributed by atoms with Crippen molar-refractivity contribution in [2.75, 3.05) is 13.2 Å². The minimum Gasteiger partial charge on any atom is -0.494 e. The third-order valence-corrected chi connectivity index (χ3v) is 5.37. The van der Waals surface area contributed by atoms with Gasteiger partial charge in [-0.15, -0.1) is 0 Å². The Kier molecular flexibility index (Phi) is 7.53. The molecule has 0 spiro atoms. The highest BCUT2D eigenvalue weighted by Gasteiger charge is 2.12. The molecule has 150 valence electrons. The molecule has 1 heterocycles. The van der Waals surface area contributed by atoms with Crippen LogP contribution in [0.1, 0.15) is 23.0 Å². The molecular formula is C21H18I2N2O4. The van der Waals surface area contributed by atoms with Gasteiger partial charge >= 0.3 is 5.91 Å². The SMILES string of the molecule is C=CCOc1c(I)cc(/C=N/NC(=O)c2cc3cc(OCC)ccc3o2)cc1I. The van der Waals surface area contributed by atoms with Gasteiger partial charge in [-0.1, -0.05) is 12.7 Å². The third-order valence-electron chi connectivity index (χ3n) is 3.77. The second-order valence-corrected chi connectivity index (χ2v) is 8.18. The van der Waals surface area contributed by atoms with Crippen LogP contribution in [0.15, 0.2) is 58.6 Å². The maximum atomic E-state index is 12.3. The number of ether oxygens (including phenoxy) is 2. The summed E-state index contributed by atoms with van der Waals surface area (Å²) >= 11 is 4.41. The molecule has 1 aromatic heterocycles. The molecule has 3 aromatic rings. The van der Waals surface area contributed by atoms with E-state index in [-0.39, 0.29) is 5.76 Å². The average Bonchev–Trinajstić information content (AvgIpc) is 3.11. The zero-order chi connectivity index (χ0) is 20.8. The molecule has 0 unspecified atom stereocenters. The summed E-state index contributed by atoms with van der Waals surface area (Å²) in [5, 5.41) is 4.83. The Morgan fingerprint density at radius 1 is 1.21 bits per heavy atom. The van der Waals surface area contributed by atoms with Crippen LogP contribution < -0.4 is 14.9 Å². The van der Waals surface area contributed by atoms with Crippen molar-refractivity contribution in [1.82, 2.24) is 5.43 Å². The first-order valence-electron chi connectivity index (χ1n) is 8.74. The quantitative estimate of drug-likeness (QED) is 0.160. The van der Waals surface area contributed by atoms with E-state index >= 15 is 0 Å². The molecule has 0 aliphatic carbocycles. The average molecular weight is 616 g/mol. The highest BCUT2D eigenvalue weighted by molar-refractivity contribution is 14.1. The second-order valence-electron chi connectivity index (χ2n) is 5.86. The van der Waals surface area contributed by atoms with Crippen molar-refractivity contribution in [2.24, 2.45) is 5.10 Å². The van der Waals surface area contributed by atoms with E-state index in [9.17, 15) is 4.79 Å². The second kappa shape index (κ2) is 10.1. The summed E-state index contributed by atoms with van der Waals surface area (Å²) in [7, 11) is 0. The van der Waals surface area contributed by atoms with Crippen LogP contribution in [0.25, 0.3) is 11.0 Å². The van der Waals surface area contributed by atoms with E-state index in [4.69, 9.17) is 13.9 Å². The van der Waals surface area contributed by atoms with E-state index in [1.807, 2.05) is 25.1 Å². The summed E-state index contributed by atoms with van der Waals surface area (Å²) in [6.07, 6.45) is 3.28. The highest BCUT2D eigenvalue weighted by Crippen LogP contribution is 2.28. The van der Waals surface area contributed by atoms with Crippen LogP contribution in [-0.4, -0.2) is 25.3 Å². The molecule has 0 radical (unpaired) electrons. The van der Waals surface area contributed by atoms with E-state index in [0.29, 0.717) is 18.8 Å². The molecule has 0 aliphatic rings. The van der Waals surface area contributed by atoms with Gasteiger partial charge < -0.3 is 13.9 Å². The van der Waals surface area contributed by atoms with Crippen molar-refractivity contribution < 1.29 is 18.7 Å². The fourth-order valence-corrected chi connectivity index (χ4v) is 4.67. The predicted molar refractivity (Wildman–Crippen MR) is 130 cm³/mol. The van der Waals surface area contributed by atoms with E-state index in [1.165, 1.54) is 0 Å². The monoisotopic (exact) mass is 616 g/mol. The molecule has 0 fully saturated rings. The molecule has 29 heavy (non-hydrogen) atoms. The Balaban J connectivity index is 1.69. The van der Waals surface area contributed by atoms with Crippen LogP contribution >= 0.6 is 45.2 Å². The van der Waals surface area contributed by atoms with Crippen molar-refractivity contribution >= 4 is 68.3 Å². The van der Waals surface area contributed by atoms with Crippen LogP contribution in [0.5, 0.6) is 11.5 Å². The fourth-order valence-electron chi connectivity index (χ4n) is 2.54. The van der Waals surface area contributed by atoms with Gasteiger partial charge in [-0.25, -0.2) is 5.43 Å². The molecule has 0 atom stereocenters. The van der Waals surface area contributed by atoms with E-state index in [1.54, 1.807) is 30.5 Å². The van der Waals surface area contributed by atoms with E-state index in [2.05, 4.69) is 62.3 Å². The van der Waals surface area contributed by atoms with Gasteiger partial charge in [-0.05, 0) is 94.1 Å². The Hall–Kier alpha value is -2.08. The van der Waals surface area contributed by atoms with Crippen LogP contribution in [0.3, 0.4) is 0 Å². The first kappa shape index (κ1) is 21.6. The summed E-state index contributed by atoms with van der Waals surface area (Å²) in [6.45, 7) is 6.59. The molecule has 0 saturated heterocycles. The summed E-state index contributed by atoms with van der Waals surface area (Å²) in [4.78, 5) is 12.3. The lowest BCUT2D eigenvalue weighted by Gasteiger charge is -2.09. The number of nitrogens with one attached hydrogen (secondary N) is 1. The molecular weight excluding hydrogens is 598 g/mol. The number of hydrazone groups is 1. The van der Waals surface area contributed by atoms with Gasteiger partial charge in [0, 0.05) is 5.39 Å². The molecule has 0 aliphatic heterocycles. The normalized spacial score (nSPS) is 11.0. The number of furan rings is 1. The molecule has 6 nitrogen and oxygen atoms in total. The van der Waals surface area contributed by atoms with Gasteiger partial charge in [-0.2, -0.15) is 5.10 Å². The van der Waals surface area contributed by atoms with Gasteiger partial charge in [0.05, 0.1) is 20.0 Å². The zero-order valence-electron chi connectivity index (χ0n) is 15.6. The lowest BCUT2D eigenvalue weighted by Crippen LogP contribution is -2.16. The Labute approximate surface area is 195 Å². The number of fused-ring (bicyclic) bond motifs is 1. The molecule has 8 heteroatoms. The maximum absolute atomic E-state index is 12.3. The first-order valence-corrected chi connectivity index (χ1v) is 10.9. The van der Waals surface area contributed by atoms with Crippen LogP contribution in [-0.2, 0) is 0 Å². The molecule has 1 amide bonds. The van der Waals surface area contributed by atoms with Crippen LogP contribution in [0.4, 0.5) is 0 Å². The third kappa shape index (κ3) is 5.50. The van der Waals surface area contributed by atoms with Gasteiger partial charge in [0.1, 0.15) is 23.7 Å². The van der Waals surface area contributed by atoms with Crippen molar-refractivity contribution in [3.63, 3.8) is 0 Å². The van der Waals surface area contributed by atoms with Crippen molar-refractivity contribution in [3.05, 3.63) is 67.5 Å². The fraction of sp³-hybridized carbons (Fsp3) is 0.143. The summed E-state index contributed by atoms with van der Waals surface area (Å²) in [5.41, 5.74) is 3.95. The Morgan fingerprint density at radius 3 is 2.66 bits per heavy atom. The molecule has 2 aromatic carbocycles. The molecule has 3 rings (SSSR count). The summed E-state index contributed by atoms with van der Waals surface area (Å²) in [5.74, 6) is 1.30. The topological polar surface area (TPSA) is 73.1 Å². The number of carbonyl (C=O) groups excluding carboxylic acids is 1. The predicted octanol–water partition coefficient (Wildman–Crippen LogP) is 5.37. The number of hydrogen-bond donors (Lipinski definition) is 1. The first-order chi connectivity index (χ1) is 14.0. The summed E-state index contributed by atoms with van der Waals surface area (Å²) < 4.78 is 18.6. The Morgan fingerprint density at radius 2 is 1.97 bits per heavy atom. The van der Waals surface area contributed by atoms with Gasteiger partial charge in [0.15, 0.2) is 5.76 Å². The van der Waals surface area contributed by atoms with Crippen molar-refractivity contribution in [3.8, 4) is 11.5 Å². The van der Waals surface area contributed by atoms with Crippen LogP contribution in [0.2, 0.25) is 0 Å². The number of carbonyl (C=O) groups is 1. The number of halogens is 2. The number of hydrogen-bond acceptors (Lipinski definition) is 5. The number of benzene rings is 2. The molecule has 0 bridgehead atoms. The number of nitrogens with zero attached hydrogens (tertiary/aromatic N) is 1. The molecule has 1 N–H and O–H groups in total. The minimum absolute atomic E-state index is 0.183. The van der Waals surface area contributed by atoms with Gasteiger partial charge in [-0.3, -0.25) is 4.79 Å². The smallest absolute Gasteiger partial charge is 0.307 e. The van der Waals surface area contributed by atoms with E-state index < -0.39 is 5.91 Å². The number of rotatable bonds is 8. The van der Waals surface area contributed by atoms with Crippen molar-refractivity contribution in [1.29, 1.82) is 0 Å². The lowest BCUT2D eigenvalue weighted by atomic mass is 10.2. The van der Waals surface area contributed by atoms with Gasteiger partial charge in [0.2, 0.25) is 0 Å². The van der Waals surface area contributed by atoms with Crippen molar-refractivity contribution in [2.45, 2.75) is 6.92 Å².